The topological polar surface area (TPSA) is 86.8 Å². The Hall–Kier alpha value is -2.71. The lowest BCUT2D eigenvalue weighted by Gasteiger charge is -2.30. The number of piperidine rings is 1. The van der Waals surface area contributed by atoms with Crippen molar-refractivity contribution in [1.29, 1.82) is 0 Å². The summed E-state index contributed by atoms with van der Waals surface area (Å²) >= 11 is 0. The maximum Gasteiger partial charge on any atom is 0.242 e. The van der Waals surface area contributed by atoms with E-state index in [2.05, 4.69) is 10.2 Å². The first kappa shape index (κ1) is 23.9. The van der Waals surface area contributed by atoms with Gasteiger partial charge in [0.05, 0.1) is 16.3 Å². The summed E-state index contributed by atoms with van der Waals surface area (Å²) in [4.78, 5) is 26.3. The average molecular weight is 458 g/mol. The number of carbonyl (C=O) groups is 2. The second kappa shape index (κ2) is 10.7. The van der Waals surface area contributed by atoms with Gasteiger partial charge < -0.3 is 10.2 Å². The van der Waals surface area contributed by atoms with Crippen LogP contribution in [-0.4, -0.2) is 51.1 Å². The Kier molecular flexibility index (Phi) is 8.04. The molecule has 1 aliphatic heterocycles. The largest absolute Gasteiger partial charge is 0.370 e. The molecule has 0 spiro atoms. The highest BCUT2D eigenvalue weighted by Crippen LogP contribution is 2.28. The number of nitrogens with one attached hydrogen (secondary N) is 1. The molecule has 7 nitrogen and oxygen atoms in total. The third-order valence-electron chi connectivity index (χ3n) is 5.72. The van der Waals surface area contributed by atoms with Crippen LogP contribution in [0, 0.1) is 0 Å². The summed E-state index contributed by atoms with van der Waals surface area (Å²) in [6, 6.07) is 13.7. The fraction of sp³-hybridized carbons (Fsp3) is 0.417. The summed E-state index contributed by atoms with van der Waals surface area (Å²) in [5, 5.41) is 2.99. The SMILES string of the molecule is CC(=O)c1ccc(S(=O)(=O)N(C)CCCC(=O)Nc2ccccc2N2CCCCC2)cc1. The number of Topliss-reactive ketones (excluding diaryl/α,β-unsaturated/α-hetero) is 1. The molecule has 0 saturated carbocycles. The Balaban J connectivity index is 1.54. The molecular weight excluding hydrogens is 426 g/mol. The van der Waals surface area contributed by atoms with E-state index < -0.39 is 10.0 Å². The number of rotatable bonds is 9. The summed E-state index contributed by atoms with van der Waals surface area (Å²) in [6.07, 6.45) is 4.17. The minimum atomic E-state index is -3.68. The van der Waals surface area contributed by atoms with Gasteiger partial charge in [-0.05, 0) is 56.9 Å². The second-order valence-corrected chi connectivity index (χ2v) is 10.2. The highest BCUT2D eigenvalue weighted by atomic mass is 32.2. The molecule has 1 heterocycles. The summed E-state index contributed by atoms with van der Waals surface area (Å²) in [5.41, 5.74) is 2.30. The molecule has 172 valence electrons. The van der Waals surface area contributed by atoms with Gasteiger partial charge in [0.1, 0.15) is 0 Å². The number of anilines is 2. The highest BCUT2D eigenvalue weighted by molar-refractivity contribution is 7.89. The van der Waals surface area contributed by atoms with Gasteiger partial charge in [0.2, 0.25) is 15.9 Å². The van der Waals surface area contributed by atoms with E-state index in [0.717, 1.165) is 37.3 Å². The van der Waals surface area contributed by atoms with Crippen LogP contribution in [0.1, 0.15) is 49.4 Å². The van der Waals surface area contributed by atoms with E-state index in [1.165, 1.54) is 49.0 Å². The van der Waals surface area contributed by atoms with Crippen molar-refractivity contribution in [3.63, 3.8) is 0 Å². The number of benzene rings is 2. The molecule has 32 heavy (non-hydrogen) atoms. The third kappa shape index (κ3) is 5.95. The van der Waals surface area contributed by atoms with Crippen molar-refractivity contribution in [2.45, 2.75) is 43.9 Å². The Bertz CT molecular complexity index is 1050. The van der Waals surface area contributed by atoms with E-state index in [1.807, 2.05) is 24.3 Å². The molecule has 2 aromatic carbocycles. The van der Waals surface area contributed by atoms with E-state index in [4.69, 9.17) is 0 Å². The molecule has 1 saturated heterocycles. The van der Waals surface area contributed by atoms with Crippen LogP contribution < -0.4 is 10.2 Å². The lowest BCUT2D eigenvalue weighted by atomic mass is 10.1. The summed E-state index contributed by atoms with van der Waals surface area (Å²) in [7, 11) is -2.18. The predicted octanol–water partition coefficient (Wildman–Crippen LogP) is 3.92. The van der Waals surface area contributed by atoms with Crippen molar-refractivity contribution >= 4 is 33.1 Å². The normalized spacial score (nSPS) is 14.4. The van der Waals surface area contributed by atoms with Gasteiger partial charge in [-0.3, -0.25) is 9.59 Å². The minimum Gasteiger partial charge on any atom is -0.370 e. The number of ketones is 1. The number of para-hydroxylation sites is 2. The standard InChI is InChI=1S/C24H31N3O4S/c1-19(28)20-12-14-21(15-13-20)32(30,31)26(2)16-8-11-24(29)25-22-9-4-5-10-23(22)27-17-6-3-7-18-27/h4-5,9-10,12-15H,3,6-8,11,16-18H2,1-2H3,(H,25,29). The van der Waals surface area contributed by atoms with Gasteiger partial charge in [-0.25, -0.2) is 12.7 Å². The van der Waals surface area contributed by atoms with Crippen molar-refractivity contribution in [3.05, 3.63) is 54.1 Å². The average Bonchev–Trinajstić information content (AvgIpc) is 2.80. The van der Waals surface area contributed by atoms with Crippen LogP contribution in [0.5, 0.6) is 0 Å². The first-order valence-electron chi connectivity index (χ1n) is 11.0. The van der Waals surface area contributed by atoms with Gasteiger partial charge in [0.15, 0.2) is 5.78 Å². The number of nitrogens with zero attached hydrogens (tertiary/aromatic N) is 2. The molecule has 1 N–H and O–H groups in total. The Morgan fingerprint density at radius 2 is 1.66 bits per heavy atom. The number of amides is 1. The monoisotopic (exact) mass is 457 g/mol. The third-order valence-corrected chi connectivity index (χ3v) is 7.59. The molecule has 1 aliphatic rings. The van der Waals surface area contributed by atoms with Crippen LogP contribution >= 0.6 is 0 Å². The van der Waals surface area contributed by atoms with Crippen LogP contribution in [0.3, 0.4) is 0 Å². The quantitative estimate of drug-likeness (QED) is 0.577. The number of sulfonamides is 1. The van der Waals surface area contributed by atoms with Gasteiger partial charge >= 0.3 is 0 Å². The van der Waals surface area contributed by atoms with Gasteiger partial charge in [0, 0.05) is 38.7 Å². The van der Waals surface area contributed by atoms with E-state index in [9.17, 15) is 18.0 Å². The minimum absolute atomic E-state index is 0.116. The molecule has 1 amide bonds. The fourth-order valence-corrected chi connectivity index (χ4v) is 5.04. The van der Waals surface area contributed by atoms with Crippen molar-refractivity contribution in [1.82, 2.24) is 4.31 Å². The predicted molar refractivity (Wildman–Crippen MR) is 127 cm³/mol. The van der Waals surface area contributed by atoms with Crippen LogP contribution in [0.4, 0.5) is 11.4 Å². The van der Waals surface area contributed by atoms with E-state index in [-0.39, 0.29) is 29.6 Å². The van der Waals surface area contributed by atoms with Crippen LogP contribution in [0.2, 0.25) is 0 Å². The highest BCUT2D eigenvalue weighted by Gasteiger charge is 2.21. The molecule has 8 heteroatoms. The summed E-state index contributed by atoms with van der Waals surface area (Å²) in [6.45, 7) is 3.63. The van der Waals surface area contributed by atoms with E-state index >= 15 is 0 Å². The molecule has 0 aromatic heterocycles. The Morgan fingerprint density at radius 1 is 1.00 bits per heavy atom. The fourth-order valence-electron chi connectivity index (χ4n) is 3.83. The zero-order chi connectivity index (χ0) is 23.1. The first-order chi connectivity index (χ1) is 15.3. The number of carbonyl (C=O) groups excluding carboxylic acids is 2. The maximum atomic E-state index is 12.7. The zero-order valence-corrected chi connectivity index (χ0v) is 19.5. The molecule has 0 bridgehead atoms. The second-order valence-electron chi connectivity index (χ2n) is 8.12. The van der Waals surface area contributed by atoms with Crippen molar-refractivity contribution < 1.29 is 18.0 Å². The lowest BCUT2D eigenvalue weighted by Crippen LogP contribution is -2.30. The van der Waals surface area contributed by atoms with Gasteiger partial charge in [-0.2, -0.15) is 0 Å². The Morgan fingerprint density at radius 3 is 2.31 bits per heavy atom. The molecule has 0 unspecified atom stereocenters. The molecule has 3 rings (SSSR count). The molecule has 2 aromatic rings. The van der Waals surface area contributed by atoms with Gasteiger partial charge in [-0.15, -0.1) is 0 Å². The van der Waals surface area contributed by atoms with Crippen LogP contribution in [0.25, 0.3) is 0 Å². The molecule has 0 radical (unpaired) electrons. The van der Waals surface area contributed by atoms with Crippen LogP contribution in [-0.2, 0) is 14.8 Å². The summed E-state index contributed by atoms with van der Waals surface area (Å²) < 4.78 is 26.7. The number of hydrogen-bond donors (Lipinski definition) is 1. The van der Waals surface area contributed by atoms with Crippen molar-refractivity contribution in [3.8, 4) is 0 Å². The van der Waals surface area contributed by atoms with E-state index in [1.54, 1.807) is 0 Å². The smallest absolute Gasteiger partial charge is 0.242 e. The summed E-state index contributed by atoms with van der Waals surface area (Å²) in [5.74, 6) is -0.249. The zero-order valence-electron chi connectivity index (χ0n) is 18.7. The Labute approximate surface area is 190 Å². The van der Waals surface area contributed by atoms with Gasteiger partial charge in [-0.1, -0.05) is 24.3 Å². The molecular formula is C24H31N3O4S. The molecule has 0 aliphatic carbocycles. The van der Waals surface area contributed by atoms with Crippen molar-refractivity contribution in [2.75, 3.05) is 36.9 Å². The van der Waals surface area contributed by atoms with E-state index in [0.29, 0.717) is 12.0 Å². The van der Waals surface area contributed by atoms with Crippen molar-refractivity contribution in [2.24, 2.45) is 0 Å². The van der Waals surface area contributed by atoms with Crippen LogP contribution in [0.15, 0.2) is 53.4 Å². The number of hydrogen-bond acceptors (Lipinski definition) is 5. The lowest BCUT2D eigenvalue weighted by molar-refractivity contribution is -0.116. The molecule has 0 atom stereocenters. The molecule has 1 fully saturated rings. The van der Waals surface area contributed by atoms with Gasteiger partial charge in [0.25, 0.3) is 0 Å². The maximum absolute atomic E-state index is 12.7. The first-order valence-corrected chi connectivity index (χ1v) is 12.4.